The Morgan fingerprint density at radius 2 is 1.67 bits per heavy atom. The Morgan fingerprint density at radius 1 is 1.00 bits per heavy atom. The summed E-state index contributed by atoms with van der Waals surface area (Å²) in [6, 6.07) is 8.00. The Morgan fingerprint density at radius 3 is 2.37 bits per heavy atom. The van der Waals surface area contributed by atoms with E-state index in [1.165, 1.54) is 16.9 Å². The van der Waals surface area contributed by atoms with Crippen LogP contribution in [-0.2, 0) is 30.5 Å². The van der Waals surface area contributed by atoms with Gasteiger partial charge in [-0.15, -0.1) is 0 Å². The van der Waals surface area contributed by atoms with Gasteiger partial charge in [0.25, 0.3) is 0 Å². The number of hydrogen-bond donors (Lipinski definition) is 1. The normalized spacial score (nSPS) is 20.7. The van der Waals surface area contributed by atoms with Gasteiger partial charge in [-0.1, -0.05) is 30.3 Å². The summed E-state index contributed by atoms with van der Waals surface area (Å²) in [4.78, 5) is 52.4. The van der Waals surface area contributed by atoms with Crippen LogP contribution in [0.5, 0.6) is 0 Å². The number of carbonyl (C=O) groups is 4. The number of likely N-dealkylation sites (tertiary alicyclic amines) is 2. The van der Waals surface area contributed by atoms with Gasteiger partial charge in [0.2, 0.25) is 11.8 Å². The van der Waals surface area contributed by atoms with Crippen molar-refractivity contribution in [2.24, 2.45) is 0 Å². The van der Waals surface area contributed by atoms with E-state index >= 15 is 0 Å². The monoisotopic (exact) mass is 417 g/mol. The molecule has 30 heavy (non-hydrogen) atoms. The number of methoxy groups -OCH3 is 1. The first-order chi connectivity index (χ1) is 14.5. The van der Waals surface area contributed by atoms with Crippen molar-refractivity contribution in [3.63, 3.8) is 0 Å². The topological polar surface area (TPSA) is 105 Å². The Balaban J connectivity index is 1.50. The molecule has 3 rings (SSSR count). The molecule has 3 amide bonds. The van der Waals surface area contributed by atoms with Crippen LogP contribution >= 0.6 is 0 Å². The summed E-state index contributed by atoms with van der Waals surface area (Å²) < 4.78 is 9.90. The van der Waals surface area contributed by atoms with Crippen molar-refractivity contribution >= 4 is 23.9 Å². The molecule has 2 aliphatic heterocycles. The Bertz CT molecular complexity index is 784. The summed E-state index contributed by atoms with van der Waals surface area (Å²) in [5, 5.41) is 2.44. The Hall–Kier alpha value is -3.10. The molecular weight excluding hydrogens is 390 g/mol. The molecule has 0 radical (unpaired) electrons. The number of nitrogens with zero attached hydrogens (tertiary/aromatic N) is 2. The highest BCUT2D eigenvalue weighted by atomic mass is 16.5. The molecule has 162 valence electrons. The van der Waals surface area contributed by atoms with Gasteiger partial charge in [-0.25, -0.2) is 9.59 Å². The average molecular weight is 417 g/mol. The van der Waals surface area contributed by atoms with E-state index in [2.05, 4.69) is 5.32 Å². The third-order valence-corrected chi connectivity index (χ3v) is 5.46. The highest BCUT2D eigenvalue weighted by Gasteiger charge is 2.42. The fourth-order valence-corrected chi connectivity index (χ4v) is 3.95. The maximum Gasteiger partial charge on any atom is 0.407 e. The second kappa shape index (κ2) is 10.1. The van der Waals surface area contributed by atoms with Gasteiger partial charge in [0.05, 0.1) is 7.11 Å². The minimum atomic E-state index is -0.695. The molecule has 0 spiro atoms. The predicted molar refractivity (Wildman–Crippen MR) is 106 cm³/mol. The van der Waals surface area contributed by atoms with Crippen molar-refractivity contribution < 1.29 is 28.7 Å². The van der Waals surface area contributed by atoms with Gasteiger partial charge >= 0.3 is 12.1 Å². The SMILES string of the molecule is COC(=O)[C@H]1CCCN1C(=O)[C@H]1CCCN1C(=O)CNC(=O)OCc1ccccc1. The number of rotatable bonds is 6. The van der Waals surface area contributed by atoms with Gasteiger partial charge in [0.1, 0.15) is 25.2 Å². The van der Waals surface area contributed by atoms with Gasteiger partial charge < -0.3 is 24.6 Å². The molecule has 2 atom stereocenters. The summed E-state index contributed by atoms with van der Waals surface area (Å²) in [5.74, 6) is -1.02. The highest BCUT2D eigenvalue weighted by Crippen LogP contribution is 2.25. The molecule has 2 heterocycles. The van der Waals surface area contributed by atoms with E-state index in [0.717, 1.165) is 12.0 Å². The standard InChI is InChI=1S/C21H27N3O6/c1-29-20(27)17-10-6-12-24(17)19(26)16-9-5-11-23(16)18(25)13-22-21(28)30-14-15-7-3-2-4-8-15/h2-4,7-8,16-17H,5-6,9-14H2,1H3,(H,22,28)/t16-,17-/m1/s1. The molecule has 9 nitrogen and oxygen atoms in total. The maximum absolute atomic E-state index is 13.0. The first-order valence-corrected chi connectivity index (χ1v) is 10.1. The zero-order valence-corrected chi connectivity index (χ0v) is 17.0. The van der Waals surface area contributed by atoms with E-state index in [-0.39, 0.29) is 25.0 Å². The number of esters is 1. The minimum absolute atomic E-state index is 0.107. The van der Waals surface area contributed by atoms with Crippen LogP contribution in [0.15, 0.2) is 30.3 Å². The van der Waals surface area contributed by atoms with Crippen molar-refractivity contribution in [2.45, 2.75) is 44.4 Å². The van der Waals surface area contributed by atoms with Crippen molar-refractivity contribution in [1.82, 2.24) is 15.1 Å². The minimum Gasteiger partial charge on any atom is -0.467 e. The number of carbonyl (C=O) groups excluding carboxylic acids is 4. The van der Waals surface area contributed by atoms with Crippen LogP contribution in [0.2, 0.25) is 0 Å². The first kappa shape index (κ1) is 21.6. The third-order valence-electron chi connectivity index (χ3n) is 5.46. The molecule has 0 saturated carbocycles. The summed E-state index contributed by atoms with van der Waals surface area (Å²) in [5.41, 5.74) is 0.843. The van der Waals surface area contributed by atoms with Crippen molar-refractivity contribution in [3.8, 4) is 0 Å². The summed E-state index contributed by atoms with van der Waals surface area (Å²) in [6.07, 6.45) is 1.82. The number of hydrogen-bond acceptors (Lipinski definition) is 6. The van der Waals surface area contributed by atoms with Crippen molar-refractivity contribution in [3.05, 3.63) is 35.9 Å². The lowest BCUT2D eigenvalue weighted by Gasteiger charge is -2.30. The van der Waals surface area contributed by atoms with Crippen LogP contribution in [0.4, 0.5) is 4.79 Å². The second-order valence-corrected chi connectivity index (χ2v) is 7.37. The molecule has 2 fully saturated rings. The fraction of sp³-hybridized carbons (Fsp3) is 0.524. The van der Waals surface area contributed by atoms with Crippen LogP contribution in [-0.4, -0.2) is 72.5 Å². The van der Waals surface area contributed by atoms with Gasteiger partial charge in [0.15, 0.2) is 0 Å². The van der Waals surface area contributed by atoms with Crippen molar-refractivity contribution in [1.29, 1.82) is 0 Å². The summed E-state index contributed by atoms with van der Waals surface area (Å²) in [7, 11) is 1.30. The molecule has 0 aliphatic carbocycles. The molecule has 9 heteroatoms. The van der Waals surface area contributed by atoms with E-state index in [9.17, 15) is 19.2 Å². The lowest BCUT2D eigenvalue weighted by molar-refractivity contribution is -0.153. The van der Waals surface area contributed by atoms with E-state index in [1.807, 2.05) is 30.3 Å². The lowest BCUT2D eigenvalue weighted by Crippen LogP contribution is -2.52. The number of benzene rings is 1. The third kappa shape index (κ3) is 5.08. The number of alkyl carbamates (subject to hydrolysis) is 1. The Kier molecular flexibility index (Phi) is 7.26. The zero-order chi connectivity index (χ0) is 21.5. The lowest BCUT2D eigenvalue weighted by atomic mass is 10.1. The summed E-state index contributed by atoms with van der Waals surface area (Å²) >= 11 is 0. The largest absolute Gasteiger partial charge is 0.467 e. The van der Waals surface area contributed by atoms with E-state index in [4.69, 9.17) is 9.47 Å². The van der Waals surface area contributed by atoms with E-state index in [1.54, 1.807) is 0 Å². The number of nitrogens with one attached hydrogen (secondary N) is 1. The van der Waals surface area contributed by atoms with Crippen molar-refractivity contribution in [2.75, 3.05) is 26.7 Å². The van der Waals surface area contributed by atoms with Crippen LogP contribution < -0.4 is 5.32 Å². The van der Waals surface area contributed by atoms with Gasteiger partial charge in [0, 0.05) is 13.1 Å². The summed E-state index contributed by atoms with van der Waals surface area (Å²) in [6.45, 7) is 0.765. The second-order valence-electron chi connectivity index (χ2n) is 7.37. The molecule has 0 unspecified atom stereocenters. The van der Waals surface area contributed by atoms with Gasteiger partial charge in [-0.2, -0.15) is 0 Å². The molecule has 1 N–H and O–H groups in total. The predicted octanol–water partition coefficient (Wildman–Crippen LogP) is 1.07. The molecule has 1 aromatic carbocycles. The molecule has 2 aliphatic rings. The number of ether oxygens (including phenoxy) is 2. The van der Waals surface area contributed by atoms with Gasteiger partial charge in [-0.3, -0.25) is 9.59 Å². The quantitative estimate of drug-likeness (QED) is 0.694. The van der Waals surface area contributed by atoms with Gasteiger partial charge in [-0.05, 0) is 31.2 Å². The maximum atomic E-state index is 13.0. The smallest absolute Gasteiger partial charge is 0.407 e. The number of amides is 3. The van der Waals surface area contributed by atoms with Crippen LogP contribution in [0.1, 0.15) is 31.2 Å². The Labute approximate surface area is 175 Å². The van der Waals surface area contributed by atoms with Crippen LogP contribution in [0.25, 0.3) is 0 Å². The zero-order valence-electron chi connectivity index (χ0n) is 17.0. The fourth-order valence-electron chi connectivity index (χ4n) is 3.95. The van der Waals surface area contributed by atoms with E-state index in [0.29, 0.717) is 32.4 Å². The molecule has 1 aromatic rings. The average Bonchev–Trinajstić information content (AvgIpc) is 3.45. The molecular formula is C21H27N3O6. The highest BCUT2D eigenvalue weighted by molar-refractivity contribution is 5.92. The molecule has 0 aromatic heterocycles. The van der Waals surface area contributed by atoms with E-state index < -0.39 is 24.1 Å². The first-order valence-electron chi connectivity index (χ1n) is 10.1. The van der Waals surface area contributed by atoms with Crippen LogP contribution in [0, 0.1) is 0 Å². The molecule has 0 bridgehead atoms. The van der Waals surface area contributed by atoms with Crippen LogP contribution in [0.3, 0.4) is 0 Å². The molecule has 2 saturated heterocycles.